The predicted octanol–water partition coefficient (Wildman–Crippen LogP) is 4.76. The quantitative estimate of drug-likeness (QED) is 0.247. The molecular formula is C27H24FN3O3. The predicted molar refractivity (Wildman–Crippen MR) is 129 cm³/mol. The molecule has 0 spiro atoms. The normalized spacial score (nSPS) is 11.2. The van der Waals surface area contributed by atoms with E-state index in [0.717, 1.165) is 16.6 Å². The molecule has 172 valence electrons. The number of hydrogen-bond acceptors (Lipinski definition) is 4. The molecule has 0 aliphatic carbocycles. The number of nitrogens with one attached hydrogen (secondary N) is 1. The van der Waals surface area contributed by atoms with E-state index in [2.05, 4.69) is 10.5 Å². The summed E-state index contributed by atoms with van der Waals surface area (Å²) in [6.07, 6.45) is 3.30. The third-order valence-corrected chi connectivity index (χ3v) is 5.54. The van der Waals surface area contributed by atoms with Crippen LogP contribution in [-0.2, 0) is 4.79 Å². The number of carbonyl (C=O) groups excluding carboxylic acids is 2. The molecule has 0 atom stereocenters. The van der Waals surface area contributed by atoms with Crippen LogP contribution in [0.25, 0.3) is 5.52 Å². The number of aromatic nitrogens is 1. The monoisotopic (exact) mass is 457 g/mol. The van der Waals surface area contributed by atoms with E-state index < -0.39 is 11.7 Å². The Kier molecular flexibility index (Phi) is 6.54. The summed E-state index contributed by atoms with van der Waals surface area (Å²) in [4.78, 5) is 25.4. The van der Waals surface area contributed by atoms with Crippen molar-refractivity contribution in [2.45, 2.75) is 20.8 Å². The first-order valence-electron chi connectivity index (χ1n) is 10.8. The summed E-state index contributed by atoms with van der Waals surface area (Å²) in [5.74, 6) is -0.388. The maximum absolute atomic E-state index is 13.3. The Bertz CT molecular complexity index is 1400. The van der Waals surface area contributed by atoms with Crippen LogP contribution in [0.15, 0.2) is 72.0 Å². The number of pyridine rings is 1. The van der Waals surface area contributed by atoms with Crippen LogP contribution < -0.4 is 10.2 Å². The molecule has 4 rings (SSSR count). The number of ketones is 1. The van der Waals surface area contributed by atoms with Crippen molar-refractivity contribution >= 4 is 23.4 Å². The van der Waals surface area contributed by atoms with Gasteiger partial charge in [0.15, 0.2) is 6.61 Å². The summed E-state index contributed by atoms with van der Waals surface area (Å²) in [5.41, 5.74) is 7.45. The number of fused-ring (bicyclic) bond motifs is 1. The lowest BCUT2D eigenvalue weighted by molar-refractivity contribution is -0.123. The third kappa shape index (κ3) is 4.73. The summed E-state index contributed by atoms with van der Waals surface area (Å²) in [6.45, 7) is 5.51. The molecule has 2 heterocycles. The van der Waals surface area contributed by atoms with Crippen molar-refractivity contribution in [2.24, 2.45) is 5.10 Å². The molecule has 4 aromatic rings. The number of rotatable bonds is 7. The molecule has 34 heavy (non-hydrogen) atoms. The van der Waals surface area contributed by atoms with Crippen LogP contribution in [0, 0.1) is 26.6 Å². The van der Waals surface area contributed by atoms with E-state index in [4.69, 9.17) is 4.74 Å². The van der Waals surface area contributed by atoms with Crippen molar-refractivity contribution in [3.05, 3.63) is 106 Å². The minimum atomic E-state index is -0.404. The molecule has 7 heteroatoms. The second kappa shape index (κ2) is 9.70. The van der Waals surface area contributed by atoms with Gasteiger partial charge >= 0.3 is 0 Å². The number of amides is 1. The fourth-order valence-corrected chi connectivity index (χ4v) is 3.75. The van der Waals surface area contributed by atoms with Crippen LogP contribution in [0.3, 0.4) is 0 Å². The number of hydrogen-bond donors (Lipinski definition) is 1. The maximum atomic E-state index is 13.3. The highest BCUT2D eigenvalue weighted by Crippen LogP contribution is 2.24. The van der Waals surface area contributed by atoms with E-state index in [1.54, 1.807) is 10.6 Å². The molecule has 0 aliphatic rings. The average Bonchev–Trinajstić information content (AvgIpc) is 3.11. The van der Waals surface area contributed by atoms with E-state index in [-0.39, 0.29) is 12.4 Å². The van der Waals surface area contributed by atoms with Gasteiger partial charge in [-0.15, -0.1) is 0 Å². The molecule has 0 saturated carbocycles. The summed E-state index contributed by atoms with van der Waals surface area (Å²) in [7, 11) is 0. The van der Waals surface area contributed by atoms with Crippen LogP contribution in [0.4, 0.5) is 4.39 Å². The summed E-state index contributed by atoms with van der Waals surface area (Å²) >= 11 is 0. The SMILES string of the molecule is Cc1ccc(C)c(OCC(=O)NN=Cc2c(C)c(C(=O)c3ccc(F)cc3)n3ccccc23)c1. The lowest BCUT2D eigenvalue weighted by Gasteiger charge is -2.08. The van der Waals surface area contributed by atoms with Gasteiger partial charge in [-0.3, -0.25) is 9.59 Å². The minimum Gasteiger partial charge on any atom is -0.483 e. The van der Waals surface area contributed by atoms with Crippen molar-refractivity contribution in [1.82, 2.24) is 9.83 Å². The number of ether oxygens (including phenoxy) is 1. The van der Waals surface area contributed by atoms with E-state index in [0.29, 0.717) is 28.1 Å². The Hall–Kier alpha value is -4.26. The zero-order valence-electron chi connectivity index (χ0n) is 19.1. The lowest BCUT2D eigenvalue weighted by atomic mass is 10.0. The molecule has 6 nitrogen and oxygen atoms in total. The molecule has 0 fully saturated rings. The first-order chi connectivity index (χ1) is 16.3. The molecule has 0 saturated heterocycles. The molecule has 2 aromatic carbocycles. The van der Waals surface area contributed by atoms with Gasteiger partial charge in [0.05, 0.1) is 17.4 Å². The number of hydrazone groups is 1. The summed E-state index contributed by atoms with van der Waals surface area (Å²) in [6, 6.07) is 16.8. The van der Waals surface area contributed by atoms with Gasteiger partial charge in [-0.05, 0) is 79.9 Å². The highest BCUT2D eigenvalue weighted by Gasteiger charge is 2.21. The second-order valence-electron chi connectivity index (χ2n) is 8.03. The van der Waals surface area contributed by atoms with Crippen LogP contribution in [0.5, 0.6) is 5.75 Å². The Morgan fingerprint density at radius 1 is 1.06 bits per heavy atom. The van der Waals surface area contributed by atoms with Crippen LogP contribution in [0.1, 0.15) is 38.3 Å². The first kappa shape index (κ1) is 22.9. The van der Waals surface area contributed by atoms with Gasteiger partial charge < -0.3 is 9.14 Å². The number of halogens is 1. The Morgan fingerprint density at radius 2 is 1.82 bits per heavy atom. The second-order valence-corrected chi connectivity index (χ2v) is 8.03. The van der Waals surface area contributed by atoms with E-state index in [1.165, 1.54) is 30.5 Å². The van der Waals surface area contributed by atoms with Gasteiger partial charge in [-0.25, -0.2) is 9.82 Å². The van der Waals surface area contributed by atoms with E-state index in [9.17, 15) is 14.0 Å². The van der Waals surface area contributed by atoms with Gasteiger partial charge in [-0.2, -0.15) is 5.10 Å². The van der Waals surface area contributed by atoms with Gasteiger partial charge in [0.25, 0.3) is 5.91 Å². The van der Waals surface area contributed by atoms with Crippen LogP contribution in [-0.4, -0.2) is 28.9 Å². The Balaban J connectivity index is 1.53. The Morgan fingerprint density at radius 3 is 2.59 bits per heavy atom. The van der Waals surface area contributed by atoms with Crippen LogP contribution >= 0.6 is 0 Å². The molecule has 1 amide bonds. The maximum Gasteiger partial charge on any atom is 0.277 e. The summed E-state index contributed by atoms with van der Waals surface area (Å²) < 4.78 is 20.7. The fraction of sp³-hybridized carbons (Fsp3) is 0.148. The minimum absolute atomic E-state index is 0.175. The van der Waals surface area contributed by atoms with E-state index in [1.807, 2.05) is 57.2 Å². The Labute approximate surface area is 196 Å². The van der Waals surface area contributed by atoms with Gasteiger partial charge in [0.2, 0.25) is 5.78 Å². The fourth-order valence-electron chi connectivity index (χ4n) is 3.75. The van der Waals surface area contributed by atoms with Crippen molar-refractivity contribution in [3.8, 4) is 5.75 Å². The number of aryl methyl sites for hydroxylation is 2. The molecule has 2 aromatic heterocycles. The standard InChI is InChI=1S/C27H24FN3O3/c1-17-7-8-18(2)24(14-17)34-16-25(32)30-29-15-22-19(3)26(31-13-5-4-6-23(22)31)27(33)20-9-11-21(28)12-10-20/h4-15H,16H2,1-3H3,(H,30,32). The molecule has 0 radical (unpaired) electrons. The number of benzene rings is 2. The van der Waals surface area contributed by atoms with Gasteiger partial charge in [-0.1, -0.05) is 18.2 Å². The highest BCUT2D eigenvalue weighted by atomic mass is 19.1. The first-order valence-corrected chi connectivity index (χ1v) is 10.8. The largest absolute Gasteiger partial charge is 0.483 e. The van der Waals surface area contributed by atoms with Crippen molar-refractivity contribution in [3.63, 3.8) is 0 Å². The third-order valence-electron chi connectivity index (χ3n) is 5.54. The zero-order valence-corrected chi connectivity index (χ0v) is 19.1. The average molecular weight is 458 g/mol. The molecule has 0 aliphatic heterocycles. The number of carbonyl (C=O) groups is 2. The summed E-state index contributed by atoms with van der Waals surface area (Å²) in [5, 5.41) is 4.08. The van der Waals surface area contributed by atoms with Crippen molar-refractivity contribution in [1.29, 1.82) is 0 Å². The van der Waals surface area contributed by atoms with Gasteiger partial charge in [0, 0.05) is 17.3 Å². The topological polar surface area (TPSA) is 72.2 Å². The zero-order chi connectivity index (χ0) is 24.2. The molecule has 0 bridgehead atoms. The molecule has 1 N–H and O–H groups in total. The van der Waals surface area contributed by atoms with E-state index >= 15 is 0 Å². The lowest BCUT2D eigenvalue weighted by Crippen LogP contribution is -2.24. The van der Waals surface area contributed by atoms with Crippen molar-refractivity contribution in [2.75, 3.05) is 6.61 Å². The van der Waals surface area contributed by atoms with Crippen molar-refractivity contribution < 1.29 is 18.7 Å². The molecular weight excluding hydrogens is 433 g/mol. The highest BCUT2D eigenvalue weighted by molar-refractivity contribution is 6.12. The van der Waals surface area contributed by atoms with Gasteiger partial charge in [0.1, 0.15) is 11.6 Å². The molecule has 0 unspecified atom stereocenters. The smallest absolute Gasteiger partial charge is 0.277 e. The van der Waals surface area contributed by atoms with Crippen LogP contribution in [0.2, 0.25) is 0 Å². The number of nitrogens with zero attached hydrogens (tertiary/aromatic N) is 2.